The average molecular weight is 212 g/mol. The number of nitriles is 1. The van der Waals surface area contributed by atoms with Crippen LogP contribution in [0.3, 0.4) is 0 Å². The van der Waals surface area contributed by atoms with Crippen molar-refractivity contribution >= 4 is 5.69 Å². The number of hydrogen-bond donors (Lipinski definition) is 1. The molecule has 0 aromatic heterocycles. The molecule has 0 radical (unpaired) electrons. The van der Waals surface area contributed by atoms with E-state index in [2.05, 4.69) is 32.6 Å². The third kappa shape index (κ3) is 3.04. The van der Waals surface area contributed by atoms with Crippen molar-refractivity contribution in [3.8, 4) is 17.9 Å². The molecule has 0 saturated carbocycles. The van der Waals surface area contributed by atoms with Crippen LogP contribution in [-0.4, -0.2) is 0 Å². The molecule has 1 aromatic carbocycles. The molecule has 2 N–H and O–H groups in total. The highest BCUT2D eigenvalue weighted by Crippen LogP contribution is 2.25. The Labute approximate surface area is 97.1 Å². The third-order valence-electron chi connectivity index (χ3n) is 2.31. The molecule has 0 aliphatic heterocycles. The van der Waals surface area contributed by atoms with Crippen LogP contribution in [0.1, 0.15) is 38.3 Å². The van der Waals surface area contributed by atoms with Crippen LogP contribution in [0.4, 0.5) is 5.69 Å². The minimum atomic E-state index is 0.0827. The van der Waals surface area contributed by atoms with Gasteiger partial charge in [-0.15, -0.1) is 0 Å². The molecule has 0 saturated heterocycles. The summed E-state index contributed by atoms with van der Waals surface area (Å²) in [6, 6.07) is 7.88. The standard InChI is InChI=1S/C14H16N2/c1-14(2,3)12-7-8-13(16)11(10-12)6-4-5-9-15/h7-8,10H,5,16H2,1-3H3. The summed E-state index contributed by atoms with van der Waals surface area (Å²) >= 11 is 0. The van der Waals surface area contributed by atoms with Gasteiger partial charge < -0.3 is 5.73 Å². The van der Waals surface area contributed by atoms with Crippen LogP contribution in [0.5, 0.6) is 0 Å². The van der Waals surface area contributed by atoms with Gasteiger partial charge in [0, 0.05) is 11.3 Å². The molecule has 16 heavy (non-hydrogen) atoms. The van der Waals surface area contributed by atoms with Crippen LogP contribution >= 0.6 is 0 Å². The van der Waals surface area contributed by atoms with Gasteiger partial charge in [0.25, 0.3) is 0 Å². The summed E-state index contributed by atoms with van der Waals surface area (Å²) < 4.78 is 0. The lowest BCUT2D eigenvalue weighted by molar-refractivity contribution is 0.590. The number of rotatable bonds is 0. The van der Waals surface area contributed by atoms with Gasteiger partial charge in [-0.25, -0.2) is 0 Å². The predicted octanol–water partition coefficient (Wildman–Crippen LogP) is 2.83. The average Bonchev–Trinajstić information content (AvgIpc) is 2.19. The zero-order chi connectivity index (χ0) is 12.2. The monoisotopic (exact) mass is 212 g/mol. The smallest absolute Gasteiger partial charge is 0.0966 e. The van der Waals surface area contributed by atoms with Gasteiger partial charge >= 0.3 is 0 Å². The van der Waals surface area contributed by atoms with Crippen LogP contribution in [0, 0.1) is 23.2 Å². The Morgan fingerprint density at radius 1 is 1.31 bits per heavy atom. The van der Waals surface area contributed by atoms with E-state index in [9.17, 15) is 0 Å². The lowest BCUT2D eigenvalue weighted by Gasteiger charge is -2.19. The second-order valence-electron chi connectivity index (χ2n) is 4.69. The Kier molecular flexibility index (Phi) is 3.59. The summed E-state index contributed by atoms with van der Waals surface area (Å²) in [6.07, 6.45) is 0.235. The van der Waals surface area contributed by atoms with Crippen LogP contribution in [0.2, 0.25) is 0 Å². The van der Waals surface area contributed by atoms with E-state index in [1.165, 1.54) is 5.56 Å². The molecule has 0 aliphatic carbocycles. The Bertz CT molecular complexity index is 476. The first-order valence-electron chi connectivity index (χ1n) is 5.21. The molecular weight excluding hydrogens is 196 g/mol. The molecule has 82 valence electrons. The molecule has 0 heterocycles. The third-order valence-corrected chi connectivity index (χ3v) is 2.31. The summed E-state index contributed by atoms with van der Waals surface area (Å²) in [5.41, 5.74) is 8.58. The summed E-state index contributed by atoms with van der Waals surface area (Å²) in [4.78, 5) is 0. The zero-order valence-corrected chi connectivity index (χ0v) is 9.96. The molecule has 0 atom stereocenters. The van der Waals surface area contributed by atoms with Crippen molar-refractivity contribution in [3.63, 3.8) is 0 Å². The fraction of sp³-hybridized carbons (Fsp3) is 0.357. The van der Waals surface area contributed by atoms with Crippen LogP contribution in [0.15, 0.2) is 18.2 Å². The molecule has 1 aromatic rings. The summed E-state index contributed by atoms with van der Waals surface area (Å²) in [6.45, 7) is 6.43. The van der Waals surface area contributed by atoms with E-state index in [-0.39, 0.29) is 11.8 Å². The van der Waals surface area contributed by atoms with E-state index in [4.69, 9.17) is 11.0 Å². The number of nitrogen functional groups attached to an aromatic ring is 1. The van der Waals surface area contributed by atoms with E-state index in [0.29, 0.717) is 5.69 Å². The largest absolute Gasteiger partial charge is 0.398 e. The SMILES string of the molecule is CC(C)(C)c1ccc(N)c(C#CCC#N)c1. The first-order chi connectivity index (χ1) is 7.45. The molecule has 0 fully saturated rings. The first kappa shape index (κ1) is 12.1. The van der Waals surface area contributed by atoms with Crippen molar-refractivity contribution in [3.05, 3.63) is 29.3 Å². The summed E-state index contributed by atoms with van der Waals surface area (Å²) in [5, 5.41) is 8.41. The minimum absolute atomic E-state index is 0.0827. The molecule has 0 aliphatic rings. The van der Waals surface area contributed by atoms with Crippen molar-refractivity contribution in [2.75, 3.05) is 5.73 Å². The molecule has 0 bridgehead atoms. The number of hydrogen-bond acceptors (Lipinski definition) is 2. The van der Waals surface area contributed by atoms with Gasteiger partial charge in [0.15, 0.2) is 0 Å². The van der Waals surface area contributed by atoms with Gasteiger partial charge in [-0.2, -0.15) is 5.26 Å². The summed E-state index contributed by atoms with van der Waals surface area (Å²) in [7, 11) is 0. The molecule has 2 heteroatoms. The quantitative estimate of drug-likeness (QED) is 0.531. The number of nitrogens with two attached hydrogens (primary N) is 1. The highest BCUT2D eigenvalue weighted by molar-refractivity contribution is 5.57. The topological polar surface area (TPSA) is 49.8 Å². The molecular formula is C14H16N2. The van der Waals surface area contributed by atoms with E-state index in [0.717, 1.165) is 5.56 Å². The molecule has 1 rings (SSSR count). The van der Waals surface area contributed by atoms with Crippen molar-refractivity contribution in [1.82, 2.24) is 0 Å². The normalized spacial score (nSPS) is 10.1. The van der Waals surface area contributed by atoms with Crippen molar-refractivity contribution in [2.45, 2.75) is 32.6 Å². The van der Waals surface area contributed by atoms with Gasteiger partial charge in [-0.3, -0.25) is 0 Å². The van der Waals surface area contributed by atoms with E-state index in [1.807, 2.05) is 24.3 Å². The maximum Gasteiger partial charge on any atom is 0.0966 e. The van der Waals surface area contributed by atoms with Gasteiger partial charge in [-0.1, -0.05) is 38.7 Å². The van der Waals surface area contributed by atoms with Gasteiger partial charge in [0.1, 0.15) is 0 Å². The maximum absolute atomic E-state index is 8.41. The van der Waals surface area contributed by atoms with Gasteiger partial charge in [-0.05, 0) is 23.1 Å². The summed E-state index contributed by atoms with van der Waals surface area (Å²) in [5.74, 6) is 5.71. The number of benzene rings is 1. The maximum atomic E-state index is 8.41. The fourth-order valence-electron chi connectivity index (χ4n) is 1.31. The highest BCUT2D eigenvalue weighted by Gasteiger charge is 2.14. The Hall–Kier alpha value is -1.93. The lowest BCUT2D eigenvalue weighted by atomic mass is 9.86. The van der Waals surface area contributed by atoms with Crippen LogP contribution in [-0.2, 0) is 5.41 Å². The van der Waals surface area contributed by atoms with Crippen molar-refractivity contribution in [1.29, 1.82) is 5.26 Å². The zero-order valence-electron chi connectivity index (χ0n) is 9.96. The Balaban J connectivity index is 3.12. The van der Waals surface area contributed by atoms with Gasteiger partial charge in [0.2, 0.25) is 0 Å². The lowest BCUT2D eigenvalue weighted by Crippen LogP contribution is -2.11. The highest BCUT2D eigenvalue weighted by atomic mass is 14.6. The Morgan fingerprint density at radius 2 is 2.00 bits per heavy atom. The Morgan fingerprint density at radius 3 is 2.56 bits per heavy atom. The van der Waals surface area contributed by atoms with E-state index in [1.54, 1.807) is 0 Å². The number of anilines is 1. The second kappa shape index (κ2) is 4.73. The number of nitrogens with zero attached hydrogens (tertiary/aromatic N) is 1. The molecule has 2 nitrogen and oxygen atoms in total. The molecule has 0 spiro atoms. The molecule has 0 unspecified atom stereocenters. The van der Waals surface area contributed by atoms with E-state index >= 15 is 0 Å². The predicted molar refractivity (Wildman–Crippen MR) is 66.7 cm³/mol. The van der Waals surface area contributed by atoms with Crippen molar-refractivity contribution in [2.24, 2.45) is 0 Å². The van der Waals surface area contributed by atoms with E-state index < -0.39 is 0 Å². The van der Waals surface area contributed by atoms with Gasteiger partial charge in [0.05, 0.1) is 12.5 Å². The molecule has 0 amide bonds. The minimum Gasteiger partial charge on any atom is -0.398 e. The van der Waals surface area contributed by atoms with Crippen molar-refractivity contribution < 1.29 is 0 Å². The first-order valence-corrected chi connectivity index (χ1v) is 5.21. The van der Waals surface area contributed by atoms with Crippen LogP contribution in [0.25, 0.3) is 0 Å². The van der Waals surface area contributed by atoms with Crippen LogP contribution < -0.4 is 5.73 Å². The second-order valence-corrected chi connectivity index (χ2v) is 4.69. The fourth-order valence-corrected chi connectivity index (χ4v) is 1.31.